The molecule has 0 radical (unpaired) electrons. The SMILES string of the molecule is O=C(NCCc1ccccc1)c1cn2cccc(O)c2n1. The minimum Gasteiger partial charge on any atom is -0.504 e. The van der Waals surface area contributed by atoms with Gasteiger partial charge in [0.2, 0.25) is 0 Å². The van der Waals surface area contributed by atoms with Crippen molar-refractivity contribution in [3.63, 3.8) is 0 Å². The molecule has 1 amide bonds. The Morgan fingerprint density at radius 2 is 2.00 bits per heavy atom. The number of pyridine rings is 1. The number of nitrogens with one attached hydrogen (secondary N) is 1. The van der Waals surface area contributed by atoms with E-state index in [0.717, 1.165) is 6.42 Å². The van der Waals surface area contributed by atoms with Crippen LogP contribution in [0.2, 0.25) is 0 Å². The van der Waals surface area contributed by atoms with Crippen molar-refractivity contribution in [1.29, 1.82) is 0 Å². The maximum atomic E-state index is 12.0. The van der Waals surface area contributed by atoms with Gasteiger partial charge in [-0.25, -0.2) is 4.98 Å². The molecule has 0 atom stereocenters. The van der Waals surface area contributed by atoms with Crippen LogP contribution in [0.1, 0.15) is 16.1 Å². The highest BCUT2D eigenvalue weighted by molar-refractivity contribution is 5.93. The molecule has 3 aromatic rings. The molecule has 0 fully saturated rings. The number of benzene rings is 1. The maximum Gasteiger partial charge on any atom is 0.271 e. The minimum atomic E-state index is -0.242. The molecule has 21 heavy (non-hydrogen) atoms. The fourth-order valence-electron chi connectivity index (χ4n) is 2.16. The molecular weight excluding hydrogens is 266 g/mol. The van der Waals surface area contributed by atoms with Gasteiger partial charge >= 0.3 is 0 Å². The quantitative estimate of drug-likeness (QED) is 0.768. The Labute approximate surface area is 121 Å². The van der Waals surface area contributed by atoms with Crippen LogP contribution < -0.4 is 5.32 Å². The van der Waals surface area contributed by atoms with Crippen LogP contribution in [0.5, 0.6) is 5.75 Å². The second-order valence-electron chi connectivity index (χ2n) is 4.74. The van der Waals surface area contributed by atoms with Crippen molar-refractivity contribution < 1.29 is 9.90 Å². The van der Waals surface area contributed by atoms with Gasteiger partial charge in [-0.2, -0.15) is 0 Å². The van der Waals surface area contributed by atoms with Gasteiger partial charge in [0.25, 0.3) is 5.91 Å². The summed E-state index contributed by atoms with van der Waals surface area (Å²) in [7, 11) is 0. The van der Waals surface area contributed by atoms with Crippen LogP contribution in [0, 0.1) is 0 Å². The van der Waals surface area contributed by atoms with E-state index >= 15 is 0 Å². The smallest absolute Gasteiger partial charge is 0.271 e. The van der Waals surface area contributed by atoms with E-state index in [-0.39, 0.29) is 11.7 Å². The number of amides is 1. The van der Waals surface area contributed by atoms with Crippen LogP contribution in [0.15, 0.2) is 54.9 Å². The topological polar surface area (TPSA) is 66.6 Å². The van der Waals surface area contributed by atoms with Crippen molar-refractivity contribution in [2.45, 2.75) is 6.42 Å². The zero-order valence-corrected chi connectivity index (χ0v) is 11.4. The third-order valence-corrected chi connectivity index (χ3v) is 3.24. The summed E-state index contributed by atoms with van der Waals surface area (Å²) in [5.74, 6) is -0.185. The molecule has 2 heterocycles. The molecule has 0 spiro atoms. The van der Waals surface area contributed by atoms with Crippen molar-refractivity contribution in [1.82, 2.24) is 14.7 Å². The summed E-state index contributed by atoms with van der Waals surface area (Å²) in [4.78, 5) is 16.2. The molecule has 0 saturated carbocycles. The number of imidazole rings is 1. The first-order chi connectivity index (χ1) is 10.2. The van der Waals surface area contributed by atoms with E-state index in [1.807, 2.05) is 30.3 Å². The first kappa shape index (κ1) is 13.2. The van der Waals surface area contributed by atoms with E-state index in [4.69, 9.17) is 0 Å². The predicted molar refractivity (Wildman–Crippen MR) is 79.3 cm³/mol. The van der Waals surface area contributed by atoms with Crippen molar-refractivity contribution in [3.8, 4) is 5.75 Å². The highest BCUT2D eigenvalue weighted by Gasteiger charge is 2.11. The Morgan fingerprint density at radius 3 is 2.76 bits per heavy atom. The second-order valence-corrected chi connectivity index (χ2v) is 4.74. The Bertz CT molecular complexity index is 766. The van der Waals surface area contributed by atoms with Gasteiger partial charge < -0.3 is 14.8 Å². The molecule has 0 aliphatic carbocycles. The van der Waals surface area contributed by atoms with E-state index in [9.17, 15) is 9.90 Å². The number of aromatic hydroxyl groups is 1. The van der Waals surface area contributed by atoms with Gasteiger partial charge in [0.1, 0.15) is 5.69 Å². The summed E-state index contributed by atoms with van der Waals surface area (Å²) >= 11 is 0. The molecule has 2 N–H and O–H groups in total. The molecule has 106 valence electrons. The average Bonchev–Trinajstić information content (AvgIpc) is 2.94. The van der Waals surface area contributed by atoms with Crippen LogP contribution in [0.4, 0.5) is 0 Å². The molecule has 5 heteroatoms. The summed E-state index contributed by atoms with van der Waals surface area (Å²) in [5, 5.41) is 12.5. The standard InChI is InChI=1S/C16H15N3O2/c20-14-7-4-10-19-11-13(18-15(14)19)16(21)17-9-8-12-5-2-1-3-6-12/h1-7,10-11,20H,8-9H2,(H,17,21). The number of hydrogen-bond donors (Lipinski definition) is 2. The summed E-state index contributed by atoms with van der Waals surface area (Å²) in [6.07, 6.45) is 4.11. The van der Waals surface area contributed by atoms with E-state index in [1.165, 1.54) is 5.56 Å². The number of nitrogens with zero attached hydrogens (tertiary/aromatic N) is 2. The molecule has 2 aromatic heterocycles. The van der Waals surface area contributed by atoms with Gasteiger partial charge in [0.05, 0.1) is 0 Å². The third-order valence-electron chi connectivity index (χ3n) is 3.24. The van der Waals surface area contributed by atoms with E-state index < -0.39 is 0 Å². The highest BCUT2D eigenvalue weighted by atomic mass is 16.3. The largest absolute Gasteiger partial charge is 0.504 e. The fraction of sp³-hybridized carbons (Fsp3) is 0.125. The summed E-state index contributed by atoms with van der Waals surface area (Å²) in [5.41, 5.74) is 1.85. The zero-order chi connectivity index (χ0) is 14.7. The van der Waals surface area contributed by atoms with Crippen molar-refractivity contribution in [2.24, 2.45) is 0 Å². The van der Waals surface area contributed by atoms with Crippen molar-refractivity contribution in [3.05, 3.63) is 66.1 Å². The zero-order valence-electron chi connectivity index (χ0n) is 11.4. The molecule has 0 aliphatic rings. The summed E-state index contributed by atoms with van der Waals surface area (Å²) in [6.45, 7) is 0.544. The molecule has 0 unspecified atom stereocenters. The van der Waals surface area contributed by atoms with Crippen LogP contribution in [-0.2, 0) is 6.42 Å². The van der Waals surface area contributed by atoms with Gasteiger partial charge in [-0.15, -0.1) is 0 Å². The lowest BCUT2D eigenvalue weighted by atomic mass is 10.1. The van der Waals surface area contributed by atoms with Gasteiger partial charge in [-0.05, 0) is 24.1 Å². The predicted octanol–water partition coefficient (Wildman–Crippen LogP) is 2.01. The van der Waals surface area contributed by atoms with Gasteiger partial charge in [-0.1, -0.05) is 30.3 Å². The lowest BCUT2D eigenvalue weighted by Crippen LogP contribution is -2.25. The number of hydrogen-bond acceptors (Lipinski definition) is 3. The van der Waals surface area contributed by atoms with Gasteiger partial charge in [0.15, 0.2) is 11.4 Å². The average molecular weight is 281 g/mol. The second kappa shape index (κ2) is 5.66. The first-order valence-electron chi connectivity index (χ1n) is 6.73. The lowest BCUT2D eigenvalue weighted by Gasteiger charge is -2.03. The number of aromatic nitrogens is 2. The summed E-state index contributed by atoms with van der Waals surface area (Å²) < 4.78 is 1.63. The van der Waals surface area contributed by atoms with Crippen LogP contribution >= 0.6 is 0 Å². The first-order valence-corrected chi connectivity index (χ1v) is 6.73. The molecular formula is C16H15N3O2. The molecule has 0 bridgehead atoms. The number of carbonyl (C=O) groups is 1. The molecule has 3 rings (SSSR count). The normalized spacial score (nSPS) is 10.7. The third kappa shape index (κ3) is 2.86. The Hall–Kier alpha value is -2.82. The van der Waals surface area contributed by atoms with Crippen molar-refractivity contribution >= 4 is 11.6 Å². The molecule has 0 saturated heterocycles. The van der Waals surface area contributed by atoms with Gasteiger partial charge in [-0.3, -0.25) is 4.79 Å². The summed E-state index contributed by atoms with van der Waals surface area (Å²) in [6, 6.07) is 13.2. The molecule has 1 aromatic carbocycles. The maximum absolute atomic E-state index is 12.0. The van der Waals surface area contributed by atoms with Crippen LogP contribution in [0.25, 0.3) is 5.65 Å². The van der Waals surface area contributed by atoms with Crippen LogP contribution in [0.3, 0.4) is 0 Å². The number of rotatable bonds is 4. The fourth-order valence-corrected chi connectivity index (χ4v) is 2.16. The molecule has 5 nitrogen and oxygen atoms in total. The van der Waals surface area contributed by atoms with E-state index in [1.54, 1.807) is 28.9 Å². The van der Waals surface area contributed by atoms with Crippen molar-refractivity contribution in [2.75, 3.05) is 6.54 Å². The highest BCUT2D eigenvalue weighted by Crippen LogP contribution is 2.16. The Balaban J connectivity index is 1.65. The monoisotopic (exact) mass is 281 g/mol. The Morgan fingerprint density at radius 1 is 1.19 bits per heavy atom. The van der Waals surface area contributed by atoms with Crippen LogP contribution in [-0.4, -0.2) is 26.9 Å². The number of carbonyl (C=O) groups excluding carboxylic acids is 1. The lowest BCUT2D eigenvalue weighted by molar-refractivity contribution is 0.0950. The number of fused-ring (bicyclic) bond motifs is 1. The van der Waals surface area contributed by atoms with Gasteiger partial charge in [0, 0.05) is 18.9 Å². The Kier molecular flexibility index (Phi) is 3.55. The molecule has 0 aliphatic heterocycles. The van der Waals surface area contributed by atoms with E-state index in [0.29, 0.717) is 17.9 Å². The minimum absolute atomic E-state index is 0.0563. The van der Waals surface area contributed by atoms with E-state index in [2.05, 4.69) is 10.3 Å².